The Labute approximate surface area is 168 Å². The molecule has 1 N–H and O–H groups in total. The number of hydrogen-bond acceptors (Lipinski definition) is 4. The summed E-state index contributed by atoms with van der Waals surface area (Å²) in [4.78, 5) is 30.1. The van der Waals surface area contributed by atoms with Gasteiger partial charge in [0, 0.05) is 31.6 Å². The van der Waals surface area contributed by atoms with E-state index in [9.17, 15) is 9.59 Å². The highest BCUT2D eigenvalue weighted by molar-refractivity contribution is 5.79. The van der Waals surface area contributed by atoms with E-state index in [1.54, 1.807) is 4.90 Å². The van der Waals surface area contributed by atoms with Crippen LogP contribution in [0.3, 0.4) is 0 Å². The number of carboxylic acid groups (broad SMARTS) is 1. The van der Waals surface area contributed by atoms with E-state index in [4.69, 9.17) is 14.8 Å². The Morgan fingerprint density at radius 1 is 1.10 bits per heavy atom. The number of nitrogens with zero attached hydrogens (tertiary/aromatic N) is 3. The summed E-state index contributed by atoms with van der Waals surface area (Å²) in [6.45, 7) is 1.18. The number of amides is 1. The first-order valence-electron chi connectivity index (χ1n) is 9.75. The van der Waals surface area contributed by atoms with Gasteiger partial charge in [-0.05, 0) is 24.3 Å². The number of carboxylic acids is 1. The van der Waals surface area contributed by atoms with Gasteiger partial charge < -0.3 is 14.7 Å². The highest BCUT2D eigenvalue weighted by atomic mass is 16.5. The number of fused-ring (bicyclic) bond motifs is 1. The number of aliphatic carboxylic acids is 1. The van der Waals surface area contributed by atoms with Crippen molar-refractivity contribution in [2.75, 3.05) is 19.7 Å². The average molecular weight is 393 g/mol. The summed E-state index contributed by atoms with van der Waals surface area (Å²) in [5, 5.41) is 8.96. The maximum atomic E-state index is 12.8. The van der Waals surface area contributed by atoms with Gasteiger partial charge in [0.2, 0.25) is 5.91 Å². The van der Waals surface area contributed by atoms with Crippen molar-refractivity contribution >= 4 is 22.9 Å². The lowest BCUT2D eigenvalue weighted by Crippen LogP contribution is -2.46. The average Bonchev–Trinajstić information content (AvgIpc) is 3.10. The molecule has 0 spiro atoms. The molecule has 7 heteroatoms. The third-order valence-corrected chi connectivity index (χ3v) is 5.10. The second kappa shape index (κ2) is 8.45. The van der Waals surface area contributed by atoms with Crippen molar-refractivity contribution in [2.45, 2.75) is 25.4 Å². The molecule has 3 aromatic rings. The molecule has 29 heavy (non-hydrogen) atoms. The predicted octanol–water partition coefficient (Wildman–Crippen LogP) is 2.66. The zero-order valence-corrected chi connectivity index (χ0v) is 16.0. The molecule has 1 saturated heterocycles. The highest BCUT2D eigenvalue weighted by Gasteiger charge is 2.26. The van der Waals surface area contributed by atoms with Gasteiger partial charge in [-0.25, -0.2) is 4.98 Å². The van der Waals surface area contributed by atoms with Crippen molar-refractivity contribution in [1.29, 1.82) is 0 Å². The van der Waals surface area contributed by atoms with Crippen LogP contribution >= 0.6 is 0 Å². The maximum absolute atomic E-state index is 12.8. The van der Waals surface area contributed by atoms with Crippen LogP contribution in [0.4, 0.5) is 0 Å². The van der Waals surface area contributed by atoms with Crippen molar-refractivity contribution in [2.24, 2.45) is 0 Å². The molecule has 1 aliphatic rings. The summed E-state index contributed by atoms with van der Waals surface area (Å²) in [7, 11) is 0. The molecule has 0 aliphatic carbocycles. The lowest BCUT2D eigenvalue weighted by atomic mass is 10.2. The van der Waals surface area contributed by atoms with E-state index in [1.165, 1.54) is 0 Å². The number of aryl methyl sites for hydroxylation is 1. The molecule has 2 aromatic carbocycles. The third-order valence-electron chi connectivity index (χ3n) is 5.10. The number of ether oxygens (including phenoxy) is 1. The summed E-state index contributed by atoms with van der Waals surface area (Å²) in [5.41, 5.74) is 2.91. The van der Waals surface area contributed by atoms with E-state index in [0.29, 0.717) is 32.5 Å². The number of para-hydroxylation sites is 3. The second-order valence-corrected chi connectivity index (χ2v) is 7.12. The van der Waals surface area contributed by atoms with Crippen LogP contribution in [0, 0.1) is 0 Å². The number of rotatable bonds is 6. The zero-order chi connectivity index (χ0) is 20.2. The molecular weight excluding hydrogens is 370 g/mol. The lowest BCUT2D eigenvalue weighted by Gasteiger charge is -2.32. The van der Waals surface area contributed by atoms with Crippen LogP contribution in [-0.4, -0.2) is 57.2 Å². The van der Waals surface area contributed by atoms with Gasteiger partial charge in [0.25, 0.3) is 0 Å². The van der Waals surface area contributed by atoms with E-state index in [1.807, 2.05) is 54.6 Å². The lowest BCUT2D eigenvalue weighted by molar-refractivity contribution is -0.147. The summed E-state index contributed by atoms with van der Waals surface area (Å²) < 4.78 is 7.55. The van der Waals surface area contributed by atoms with E-state index in [0.717, 1.165) is 22.5 Å². The number of morpholine rings is 1. The van der Waals surface area contributed by atoms with Crippen LogP contribution in [0.5, 0.6) is 0 Å². The standard InChI is InChI=1S/C22H23N3O4/c26-21(24-12-13-29-17(15-24)14-22(27)28)11-10-20-23-18-8-4-5-9-19(18)25(20)16-6-2-1-3-7-16/h1-9,17H,10-15H2,(H,27,28)/t17-/m1/s1. The highest BCUT2D eigenvalue weighted by Crippen LogP contribution is 2.22. The molecule has 0 radical (unpaired) electrons. The van der Waals surface area contributed by atoms with Gasteiger partial charge in [-0.3, -0.25) is 14.2 Å². The quantitative estimate of drug-likeness (QED) is 0.696. The molecule has 1 aliphatic heterocycles. The number of aromatic nitrogens is 2. The molecule has 1 amide bonds. The minimum atomic E-state index is -0.916. The van der Waals surface area contributed by atoms with Gasteiger partial charge in [-0.2, -0.15) is 0 Å². The third kappa shape index (κ3) is 4.30. The van der Waals surface area contributed by atoms with Crippen molar-refractivity contribution < 1.29 is 19.4 Å². The van der Waals surface area contributed by atoms with Crippen LogP contribution < -0.4 is 0 Å². The van der Waals surface area contributed by atoms with Gasteiger partial charge in [0.15, 0.2) is 0 Å². The largest absolute Gasteiger partial charge is 0.481 e. The summed E-state index contributed by atoms with van der Waals surface area (Å²) in [6, 6.07) is 17.9. The van der Waals surface area contributed by atoms with Gasteiger partial charge in [0.05, 0.1) is 30.2 Å². The minimum Gasteiger partial charge on any atom is -0.481 e. The molecule has 0 bridgehead atoms. The topological polar surface area (TPSA) is 84.7 Å². The number of hydrogen-bond donors (Lipinski definition) is 1. The number of carbonyl (C=O) groups is 2. The Morgan fingerprint density at radius 3 is 2.66 bits per heavy atom. The molecule has 150 valence electrons. The minimum absolute atomic E-state index is 0.00430. The van der Waals surface area contributed by atoms with Gasteiger partial charge in [-0.1, -0.05) is 30.3 Å². The number of imidazole rings is 1. The molecule has 7 nitrogen and oxygen atoms in total. The van der Waals surface area contributed by atoms with Crippen molar-refractivity contribution in [3.63, 3.8) is 0 Å². The predicted molar refractivity (Wildman–Crippen MR) is 108 cm³/mol. The fourth-order valence-electron chi connectivity index (χ4n) is 3.75. The first-order valence-corrected chi connectivity index (χ1v) is 9.75. The maximum Gasteiger partial charge on any atom is 0.306 e. The van der Waals surface area contributed by atoms with E-state index < -0.39 is 12.1 Å². The van der Waals surface area contributed by atoms with Crippen molar-refractivity contribution in [3.8, 4) is 5.69 Å². The Bertz CT molecular complexity index is 1020. The Balaban J connectivity index is 1.51. The molecule has 1 atom stereocenters. The smallest absolute Gasteiger partial charge is 0.306 e. The first kappa shape index (κ1) is 19.1. The molecule has 1 fully saturated rings. The summed E-state index contributed by atoms with van der Waals surface area (Å²) in [5.74, 6) is -0.0858. The van der Waals surface area contributed by atoms with Crippen molar-refractivity contribution in [1.82, 2.24) is 14.5 Å². The van der Waals surface area contributed by atoms with Crippen LogP contribution in [0.2, 0.25) is 0 Å². The van der Waals surface area contributed by atoms with E-state index >= 15 is 0 Å². The molecule has 2 heterocycles. The Morgan fingerprint density at radius 2 is 1.86 bits per heavy atom. The van der Waals surface area contributed by atoms with Crippen molar-refractivity contribution in [3.05, 3.63) is 60.4 Å². The van der Waals surface area contributed by atoms with Gasteiger partial charge in [0.1, 0.15) is 5.82 Å². The zero-order valence-electron chi connectivity index (χ0n) is 16.0. The monoisotopic (exact) mass is 393 g/mol. The normalized spacial score (nSPS) is 16.8. The van der Waals surface area contributed by atoms with Crippen LogP contribution in [0.1, 0.15) is 18.7 Å². The molecular formula is C22H23N3O4. The van der Waals surface area contributed by atoms with Crippen LogP contribution in [0.15, 0.2) is 54.6 Å². The molecule has 0 saturated carbocycles. The molecule has 0 unspecified atom stereocenters. The Kier molecular flexibility index (Phi) is 5.57. The fourth-order valence-corrected chi connectivity index (χ4v) is 3.75. The number of benzene rings is 2. The Hall–Kier alpha value is -3.19. The molecule has 1 aromatic heterocycles. The molecule has 4 rings (SSSR count). The van der Waals surface area contributed by atoms with Gasteiger partial charge >= 0.3 is 5.97 Å². The summed E-state index contributed by atoms with van der Waals surface area (Å²) in [6.07, 6.45) is 0.284. The summed E-state index contributed by atoms with van der Waals surface area (Å²) >= 11 is 0. The van der Waals surface area contributed by atoms with Crippen LogP contribution in [0.25, 0.3) is 16.7 Å². The van der Waals surface area contributed by atoms with E-state index in [2.05, 4.69) is 4.57 Å². The number of carbonyl (C=O) groups excluding carboxylic acids is 1. The fraction of sp³-hybridized carbons (Fsp3) is 0.318. The SMILES string of the molecule is O=C(O)C[C@@H]1CN(C(=O)CCc2nc3ccccc3n2-c2ccccc2)CCO1. The van der Waals surface area contributed by atoms with E-state index in [-0.39, 0.29) is 12.3 Å². The second-order valence-electron chi connectivity index (χ2n) is 7.12. The van der Waals surface area contributed by atoms with Crippen LogP contribution in [-0.2, 0) is 20.7 Å². The van der Waals surface area contributed by atoms with Gasteiger partial charge in [-0.15, -0.1) is 0 Å². The first-order chi connectivity index (χ1) is 14.1.